The van der Waals surface area contributed by atoms with Crippen molar-refractivity contribution >= 4 is 11.6 Å². The van der Waals surface area contributed by atoms with E-state index in [1.54, 1.807) is 18.2 Å². The third-order valence-electron chi connectivity index (χ3n) is 5.03. The van der Waals surface area contributed by atoms with E-state index >= 15 is 0 Å². The molecule has 1 aliphatic heterocycles. The zero-order valence-electron chi connectivity index (χ0n) is 16.1. The number of carbonyl (C=O) groups is 1. The van der Waals surface area contributed by atoms with E-state index in [1.165, 1.54) is 12.1 Å². The molecule has 0 aliphatic carbocycles. The molecule has 3 aromatic rings. The highest BCUT2D eigenvalue weighted by molar-refractivity contribution is 5.94. The van der Waals surface area contributed by atoms with E-state index in [0.717, 1.165) is 24.3 Å². The normalized spacial score (nSPS) is 14.0. The number of amides is 1. The molecule has 0 atom stereocenters. The van der Waals surface area contributed by atoms with Gasteiger partial charge in [-0.05, 0) is 35.9 Å². The zero-order chi connectivity index (χ0) is 20.1. The molecule has 5 nitrogen and oxygen atoms in total. The number of nitrogens with zero attached hydrogens (tertiary/aromatic N) is 2. The molecule has 1 amide bonds. The third kappa shape index (κ3) is 4.71. The Bertz CT molecular complexity index is 955. The summed E-state index contributed by atoms with van der Waals surface area (Å²) in [6.07, 6.45) is 3.81. The minimum atomic E-state index is -0.271. The second-order valence-electron chi connectivity index (χ2n) is 6.98. The van der Waals surface area contributed by atoms with Gasteiger partial charge in [0.1, 0.15) is 18.2 Å². The van der Waals surface area contributed by atoms with Gasteiger partial charge >= 0.3 is 0 Å². The number of halogens is 1. The predicted molar refractivity (Wildman–Crippen MR) is 108 cm³/mol. The minimum Gasteiger partial charge on any atom is -0.489 e. The van der Waals surface area contributed by atoms with Gasteiger partial charge in [-0.15, -0.1) is 0 Å². The molecule has 1 fully saturated rings. The lowest BCUT2D eigenvalue weighted by molar-refractivity contribution is -0.377. The summed E-state index contributed by atoms with van der Waals surface area (Å²) in [6.45, 7) is 3.29. The lowest BCUT2D eigenvalue weighted by Gasteiger charge is -2.35. The van der Waals surface area contributed by atoms with Crippen LogP contribution in [0.5, 0.6) is 5.75 Å². The van der Waals surface area contributed by atoms with Gasteiger partial charge in [0.25, 0.3) is 5.91 Å². The fourth-order valence-electron chi connectivity index (χ4n) is 3.41. The van der Waals surface area contributed by atoms with Crippen LogP contribution in [0, 0.1) is 5.82 Å². The Morgan fingerprint density at radius 2 is 1.69 bits per heavy atom. The van der Waals surface area contributed by atoms with Crippen molar-refractivity contribution in [3.05, 3.63) is 90.0 Å². The highest BCUT2D eigenvalue weighted by Gasteiger charge is 2.22. The van der Waals surface area contributed by atoms with Crippen molar-refractivity contribution < 1.29 is 18.9 Å². The maximum Gasteiger partial charge on any atom is 0.254 e. The first-order valence-corrected chi connectivity index (χ1v) is 9.67. The van der Waals surface area contributed by atoms with E-state index in [-0.39, 0.29) is 11.7 Å². The van der Waals surface area contributed by atoms with Crippen LogP contribution in [0.3, 0.4) is 0 Å². The largest absolute Gasteiger partial charge is 0.489 e. The summed E-state index contributed by atoms with van der Waals surface area (Å²) in [7, 11) is 0. The highest BCUT2D eigenvalue weighted by Crippen LogP contribution is 2.19. The quantitative estimate of drug-likeness (QED) is 0.670. The molecule has 2 heterocycles. The molecule has 29 heavy (non-hydrogen) atoms. The summed E-state index contributed by atoms with van der Waals surface area (Å²) in [5, 5.41) is 0. The molecule has 6 heteroatoms. The molecule has 0 saturated carbocycles. The molecule has 4 rings (SSSR count). The number of hydrogen-bond acceptors (Lipinski definition) is 3. The van der Waals surface area contributed by atoms with Crippen LogP contribution in [0.4, 0.5) is 10.1 Å². The number of carbonyl (C=O) groups excluding carboxylic acids is 1. The van der Waals surface area contributed by atoms with Crippen molar-refractivity contribution in [1.82, 2.24) is 4.90 Å². The van der Waals surface area contributed by atoms with Gasteiger partial charge in [0.15, 0.2) is 12.4 Å². The first kappa shape index (κ1) is 18.9. The van der Waals surface area contributed by atoms with E-state index in [0.29, 0.717) is 31.0 Å². The summed E-state index contributed by atoms with van der Waals surface area (Å²) in [5.74, 6) is 0.365. The van der Waals surface area contributed by atoms with Gasteiger partial charge in [-0.1, -0.05) is 18.2 Å². The van der Waals surface area contributed by atoms with Crippen LogP contribution in [0.25, 0.3) is 0 Å². The van der Waals surface area contributed by atoms with Crippen LogP contribution in [0.15, 0.2) is 73.1 Å². The van der Waals surface area contributed by atoms with Crippen LogP contribution in [0.1, 0.15) is 15.9 Å². The van der Waals surface area contributed by atoms with Gasteiger partial charge in [-0.25, -0.2) is 9.37 Å². The first-order valence-electron chi connectivity index (χ1n) is 9.67. The van der Waals surface area contributed by atoms with E-state index in [1.807, 2.05) is 47.6 Å². The molecule has 148 valence electrons. The number of anilines is 1. The molecule has 1 saturated heterocycles. The van der Waals surface area contributed by atoms with Crippen LogP contribution in [-0.2, 0) is 6.61 Å². The Morgan fingerprint density at radius 3 is 2.41 bits per heavy atom. The fraction of sp³-hybridized carbons (Fsp3) is 0.217. The molecule has 1 aliphatic rings. The van der Waals surface area contributed by atoms with E-state index < -0.39 is 0 Å². The summed E-state index contributed by atoms with van der Waals surface area (Å²) in [5.41, 5.74) is 2.65. The molecule has 2 aromatic carbocycles. The Balaban J connectivity index is 1.35. The van der Waals surface area contributed by atoms with Crippen molar-refractivity contribution in [3.63, 3.8) is 0 Å². The summed E-state index contributed by atoms with van der Waals surface area (Å²) in [4.78, 5) is 20.1. The third-order valence-corrected chi connectivity index (χ3v) is 5.03. The van der Waals surface area contributed by atoms with Crippen molar-refractivity contribution in [2.24, 2.45) is 0 Å². The monoisotopic (exact) mass is 392 g/mol. The fourth-order valence-corrected chi connectivity index (χ4v) is 3.41. The number of hydrogen-bond donors (Lipinski definition) is 0. The Labute approximate surface area is 169 Å². The van der Waals surface area contributed by atoms with E-state index in [9.17, 15) is 9.18 Å². The molecule has 0 spiro atoms. The van der Waals surface area contributed by atoms with E-state index in [2.05, 4.69) is 9.88 Å². The molecule has 1 aromatic heterocycles. The lowest BCUT2D eigenvalue weighted by atomic mass is 10.1. The Kier molecular flexibility index (Phi) is 5.70. The van der Waals surface area contributed by atoms with Crippen LogP contribution >= 0.6 is 0 Å². The average Bonchev–Trinajstić information content (AvgIpc) is 2.79. The summed E-state index contributed by atoms with van der Waals surface area (Å²) >= 11 is 0. The summed E-state index contributed by atoms with van der Waals surface area (Å²) in [6, 6.07) is 17.5. The number of benzene rings is 2. The zero-order valence-corrected chi connectivity index (χ0v) is 16.1. The highest BCUT2D eigenvalue weighted by atomic mass is 19.1. The predicted octanol–water partition coefficient (Wildman–Crippen LogP) is 3.18. The maximum atomic E-state index is 13.0. The van der Waals surface area contributed by atoms with Gasteiger partial charge in [0, 0.05) is 49.6 Å². The van der Waals surface area contributed by atoms with Crippen LogP contribution in [-0.4, -0.2) is 37.0 Å². The SMILES string of the molecule is O=C(c1cccc(OCc2ccc(F)cc2)c1)N1CCN(c2cc[nH+]cc2)CC1. The Morgan fingerprint density at radius 1 is 0.966 bits per heavy atom. The minimum absolute atomic E-state index is 0.0123. The molecule has 0 unspecified atom stereocenters. The molecule has 0 bridgehead atoms. The van der Waals surface area contributed by atoms with Crippen molar-refractivity contribution in [1.29, 1.82) is 0 Å². The number of pyridine rings is 1. The number of aromatic nitrogens is 1. The van der Waals surface area contributed by atoms with Gasteiger partial charge in [0.05, 0.1) is 0 Å². The average molecular weight is 392 g/mol. The van der Waals surface area contributed by atoms with Crippen LogP contribution < -0.4 is 14.6 Å². The molecular formula is C23H23FN3O2+. The van der Waals surface area contributed by atoms with Crippen LogP contribution in [0.2, 0.25) is 0 Å². The number of piperazine rings is 1. The number of nitrogens with one attached hydrogen (secondary N) is 1. The Hall–Kier alpha value is -3.41. The molecule has 0 radical (unpaired) electrons. The number of aromatic amines is 1. The number of H-pyrrole nitrogens is 1. The first-order chi connectivity index (χ1) is 14.2. The topological polar surface area (TPSA) is 46.9 Å². The molecular weight excluding hydrogens is 369 g/mol. The second-order valence-corrected chi connectivity index (χ2v) is 6.98. The maximum absolute atomic E-state index is 13.0. The van der Waals surface area contributed by atoms with Crippen molar-refractivity contribution in [2.45, 2.75) is 6.61 Å². The second kappa shape index (κ2) is 8.73. The van der Waals surface area contributed by atoms with Crippen molar-refractivity contribution in [2.75, 3.05) is 31.1 Å². The molecule has 1 N–H and O–H groups in total. The van der Waals surface area contributed by atoms with Gasteiger partial charge in [-0.2, -0.15) is 0 Å². The number of rotatable bonds is 5. The standard InChI is InChI=1S/C23H22FN3O2/c24-20-6-4-18(5-7-20)17-29-22-3-1-2-19(16-22)23(28)27-14-12-26(13-15-27)21-8-10-25-11-9-21/h1-11,16H,12-15,17H2/p+1. The summed E-state index contributed by atoms with van der Waals surface area (Å²) < 4.78 is 18.8. The van der Waals surface area contributed by atoms with E-state index in [4.69, 9.17) is 4.74 Å². The van der Waals surface area contributed by atoms with Gasteiger partial charge in [0.2, 0.25) is 0 Å². The number of ether oxygens (including phenoxy) is 1. The lowest BCUT2D eigenvalue weighted by Crippen LogP contribution is -2.48. The smallest absolute Gasteiger partial charge is 0.254 e. The van der Waals surface area contributed by atoms with Gasteiger partial charge < -0.3 is 14.5 Å². The van der Waals surface area contributed by atoms with Crippen molar-refractivity contribution in [3.8, 4) is 5.75 Å². The van der Waals surface area contributed by atoms with Gasteiger partial charge in [-0.3, -0.25) is 4.79 Å².